The van der Waals surface area contributed by atoms with Gasteiger partial charge >= 0.3 is 5.97 Å². The van der Waals surface area contributed by atoms with Gasteiger partial charge in [0.15, 0.2) is 0 Å². The zero-order chi connectivity index (χ0) is 15.7. The lowest BCUT2D eigenvalue weighted by molar-refractivity contribution is -0.147. The molecule has 2 aliphatic rings. The zero-order valence-electron chi connectivity index (χ0n) is 12.7. The van der Waals surface area contributed by atoms with Crippen LogP contribution in [0.3, 0.4) is 0 Å². The fourth-order valence-electron chi connectivity index (χ4n) is 3.42. The minimum absolute atomic E-state index is 0.121. The summed E-state index contributed by atoms with van der Waals surface area (Å²) < 4.78 is 5.21. The predicted molar refractivity (Wildman–Crippen MR) is 80.8 cm³/mol. The molecule has 0 spiro atoms. The fourth-order valence-corrected chi connectivity index (χ4v) is 3.42. The molecule has 2 unspecified atom stereocenters. The van der Waals surface area contributed by atoms with Crippen LogP contribution in [0.25, 0.3) is 0 Å². The van der Waals surface area contributed by atoms with Crippen molar-refractivity contribution in [2.24, 2.45) is 5.92 Å². The second-order valence-corrected chi connectivity index (χ2v) is 6.31. The van der Waals surface area contributed by atoms with Crippen LogP contribution >= 0.6 is 0 Å². The largest absolute Gasteiger partial charge is 0.497 e. The lowest BCUT2D eigenvalue weighted by Crippen LogP contribution is -2.53. The summed E-state index contributed by atoms with van der Waals surface area (Å²) in [6, 6.07) is 7.72. The number of hydrogen-bond donors (Lipinski definition) is 2. The van der Waals surface area contributed by atoms with Gasteiger partial charge in [-0.25, -0.2) is 4.79 Å². The molecule has 1 aromatic rings. The molecule has 0 heterocycles. The summed E-state index contributed by atoms with van der Waals surface area (Å²) in [5.41, 5.74) is 0.0359. The number of ether oxygens (including phenoxy) is 1. The van der Waals surface area contributed by atoms with Crippen molar-refractivity contribution in [1.82, 2.24) is 5.32 Å². The van der Waals surface area contributed by atoms with Gasteiger partial charge < -0.3 is 15.2 Å². The van der Waals surface area contributed by atoms with Crippen LogP contribution in [0.15, 0.2) is 24.3 Å². The number of aliphatic carboxylic acids is 1. The van der Waals surface area contributed by atoms with E-state index in [1.807, 2.05) is 24.3 Å². The standard InChI is InChI=1S/C17H21NO4/c1-22-12-6-4-5-11(9-12)13-10-14(13)15(19)18-17(16(20)21)7-2-3-8-17/h4-6,9,13-14H,2-3,7-8,10H2,1H3,(H,18,19)(H,20,21). The molecule has 0 radical (unpaired) electrons. The highest BCUT2D eigenvalue weighted by molar-refractivity contribution is 5.90. The normalized spacial score (nSPS) is 25.5. The van der Waals surface area contributed by atoms with Crippen molar-refractivity contribution in [2.45, 2.75) is 43.6 Å². The summed E-state index contributed by atoms with van der Waals surface area (Å²) >= 11 is 0. The Balaban J connectivity index is 1.66. The van der Waals surface area contributed by atoms with Crippen molar-refractivity contribution in [3.63, 3.8) is 0 Å². The van der Waals surface area contributed by atoms with Crippen LogP contribution in [0.1, 0.15) is 43.6 Å². The van der Waals surface area contributed by atoms with Crippen LogP contribution in [0.4, 0.5) is 0 Å². The number of hydrogen-bond acceptors (Lipinski definition) is 3. The summed E-state index contributed by atoms with van der Waals surface area (Å²) in [5.74, 6) is -0.207. The lowest BCUT2D eigenvalue weighted by atomic mass is 9.97. The van der Waals surface area contributed by atoms with Crippen LogP contribution in [-0.4, -0.2) is 29.6 Å². The molecule has 22 heavy (non-hydrogen) atoms. The molecule has 2 atom stereocenters. The van der Waals surface area contributed by atoms with E-state index in [9.17, 15) is 14.7 Å². The highest BCUT2D eigenvalue weighted by Crippen LogP contribution is 2.48. The van der Waals surface area contributed by atoms with E-state index in [4.69, 9.17) is 4.74 Å². The highest BCUT2D eigenvalue weighted by Gasteiger charge is 2.49. The Morgan fingerprint density at radius 1 is 1.32 bits per heavy atom. The van der Waals surface area contributed by atoms with Gasteiger partial charge in [0.05, 0.1) is 7.11 Å². The molecule has 0 aromatic heterocycles. The van der Waals surface area contributed by atoms with E-state index in [0.29, 0.717) is 12.8 Å². The molecule has 1 amide bonds. The Bertz CT molecular complexity index is 592. The molecule has 118 valence electrons. The summed E-state index contributed by atoms with van der Waals surface area (Å²) in [4.78, 5) is 23.9. The van der Waals surface area contributed by atoms with Crippen molar-refractivity contribution in [3.8, 4) is 5.75 Å². The molecule has 0 bridgehead atoms. The van der Waals surface area contributed by atoms with Crippen molar-refractivity contribution >= 4 is 11.9 Å². The van der Waals surface area contributed by atoms with Crippen LogP contribution < -0.4 is 10.1 Å². The fraction of sp³-hybridized carbons (Fsp3) is 0.529. The molecule has 5 heteroatoms. The summed E-state index contributed by atoms with van der Waals surface area (Å²) in [5, 5.41) is 12.2. The molecule has 2 N–H and O–H groups in total. The van der Waals surface area contributed by atoms with Crippen molar-refractivity contribution in [3.05, 3.63) is 29.8 Å². The SMILES string of the molecule is COc1cccc(C2CC2C(=O)NC2(C(=O)O)CCCC2)c1. The molecule has 2 fully saturated rings. The minimum atomic E-state index is -1.04. The quantitative estimate of drug-likeness (QED) is 0.875. The number of amides is 1. The van der Waals surface area contributed by atoms with E-state index in [-0.39, 0.29) is 17.7 Å². The number of carboxylic acids is 1. The number of nitrogens with one attached hydrogen (secondary N) is 1. The molecule has 0 saturated heterocycles. The van der Waals surface area contributed by atoms with E-state index in [0.717, 1.165) is 30.6 Å². The first-order chi connectivity index (χ1) is 10.6. The topological polar surface area (TPSA) is 75.6 Å². The third-order valence-electron chi connectivity index (χ3n) is 4.88. The van der Waals surface area contributed by atoms with Crippen molar-refractivity contribution in [1.29, 1.82) is 0 Å². The maximum atomic E-state index is 12.4. The van der Waals surface area contributed by atoms with E-state index in [2.05, 4.69) is 5.32 Å². The number of carbonyl (C=O) groups is 2. The van der Waals surface area contributed by atoms with Crippen LogP contribution in [0.2, 0.25) is 0 Å². The van der Waals surface area contributed by atoms with Crippen molar-refractivity contribution < 1.29 is 19.4 Å². The number of benzene rings is 1. The van der Waals surface area contributed by atoms with E-state index in [1.54, 1.807) is 7.11 Å². The van der Waals surface area contributed by atoms with Crippen LogP contribution in [-0.2, 0) is 9.59 Å². The Morgan fingerprint density at radius 3 is 2.68 bits per heavy atom. The van der Waals surface area contributed by atoms with Crippen LogP contribution in [0, 0.1) is 5.92 Å². The predicted octanol–water partition coefficient (Wildman–Crippen LogP) is 2.31. The molecule has 1 aromatic carbocycles. The van der Waals surface area contributed by atoms with Gasteiger partial charge in [0.1, 0.15) is 11.3 Å². The molecular formula is C17H21NO4. The second-order valence-electron chi connectivity index (χ2n) is 6.31. The zero-order valence-corrected chi connectivity index (χ0v) is 12.7. The number of carboxylic acid groups (broad SMARTS) is 1. The van der Waals surface area contributed by atoms with Gasteiger partial charge in [-0.1, -0.05) is 25.0 Å². The van der Waals surface area contributed by atoms with E-state index >= 15 is 0 Å². The Morgan fingerprint density at radius 2 is 2.05 bits per heavy atom. The van der Waals surface area contributed by atoms with Crippen molar-refractivity contribution in [2.75, 3.05) is 7.11 Å². The molecule has 5 nitrogen and oxygen atoms in total. The summed E-state index contributed by atoms with van der Waals surface area (Å²) in [6.07, 6.45) is 3.55. The van der Waals surface area contributed by atoms with E-state index in [1.165, 1.54) is 0 Å². The second kappa shape index (κ2) is 5.63. The lowest BCUT2D eigenvalue weighted by Gasteiger charge is -2.25. The Labute approximate surface area is 129 Å². The first kappa shape index (κ1) is 14.9. The third-order valence-corrected chi connectivity index (χ3v) is 4.88. The number of methoxy groups -OCH3 is 1. The molecule has 2 saturated carbocycles. The first-order valence-electron chi connectivity index (χ1n) is 7.75. The number of carbonyl (C=O) groups excluding carboxylic acids is 1. The van der Waals surface area contributed by atoms with Gasteiger partial charge in [-0.2, -0.15) is 0 Å². The Hall–Kier alpha value is -2.04. The summed E-state index contributed by atoms with van der Waals surface area (Å²) in [6.45, 7) is 0. The van der Waals surface area contributed by atoms with Gasteiger partial charge in [-0.05, 0) is 42.9 Å². The smallest absolute Gasteiger partial charge is 0.329 e. The molecule has 2 aliphatic carbocycles. The maximum Gasteiger partial charge on any atom is 0.329 e. The van der Waals surface area contributed by atoms with Gasteiger partial charge in [0.25, 0.3) is 0 Å². The number of rotatable bonds is 5. The molecular weight excluding hydrogens is 282 g/mol. The third kappa shape index (κ3) is 2.67. The van der Waals surface area contributed by atoms with Gasteiger partial charge in [-0.3, -0.25) is 4.79 Å². The minimum Gasteiger partial charge on any atom is -0.497 e. The van der Waals surface area contributed by atoms with Gasteiger partial charge in [0, 0.05) is 5.92 Å². The average molecular weight is 303 g/mol. The van der Waals surface area contributed by atoms with Crippen LogP contribution in [0.5, 0.6) is 5.75 Å². The first-order valence-corrected chi connectivity index (χ1v) is 7.75. The Kier molecular flexibility index (Phi) is 3.81. The molecule has 3 rings (SSSR count). The average Bonchev–Trinajstić information content (AvgIpc) is 3.19. The van der Waals surface area contributed by atoms with E-state index < -0.39 is 11.5 Å². The summed E-state index contributed by atoms with van der Waals surface area (Å²) in [7, 11) is 1.62. The monoisotopic (exact) mass is 303 g/mol. The van der Waals surface area contributed by atoms with Gasteiger partial charge in [0.2, 0.25) is 5.91 Å². The highest BCUT2D eigenvalue weighted by atomic mass is 16.5. The molecule has 0 aliphatic heterocycles. The van der Waals surface area contributed by atoms with Gasteiger partial charge in [-0.15, -0.1) is 0 Å². The maximum absolute atomic E-state index is 12.4.